The summed E-state index contributed by atoms with van der Waals surface area (Å²) in [5, 5.41) is 0. The first-order valence-corrected chi connectivity index (χ1v) is 11.9. The summed E-state index contributed by atoms with van der Waals surface area (Å²) in [4.78, 5) is 40.4. The first-order valence-electron chi connectivity index (χ1n) is 11.9. The van der Waals surface area contributed by atoms with Crippen molar-refractivity contribution in [3.63, 3.8) is 0 Å². The third-order valence-electron chi connectivity index (χ3n) is 7.53. The van der Waals surface area contributed by atoms with Crippen molar-refractivity contribution in [3.05, 3.63) is 105 Å². The molecule has 6 rings (SSSR count). The largest absolute Gasteiger partial charge is 0.454 e. The normalized spacial score (nSPS) is 23.0. The molecular formula is C28H26N2O4. The van der Waals surface area contributed by atoms with Gasteiger partial charge in [-0.3, -0.25) is 9.59 Å². The molecule has 2 aromatic carbocycles. The van der Waals surface area contributed by atoms with E-state index in [9.17, 15) is 14.4 Å². The summed E-state index contributed by atoms with van der Waals surface area (Å²) in [6.45, 7) is 3.91. The molecule has 1 saturated heterocycles. The summed E-state index contributed by atoms with van der Waals surface area (Å²) in [7, 11) is 0. The van der Waals surface area contributed by atoms with Crippen LogP contribution in [0, 0.1) is 12.8 Å². The Hall–Kier alpha value is -3.67. The zero-order chi connectivity index (χ0) is 23.4. The Kier molecular flexibility index (Phi) is 4.90. The maximum atomic E-state index is 13.5. The van der Waals surface area contributed by atoms with Gasteiger partial charge in [0.15, 0.2) is 0 Å². The summed E-state index contributed by atoms with van der Waals surface area (Å²) in [5.41, 5.74) is 5.12. The van der Waals surface area contributed by atoms with E-state index in [1.807, 2.05) is 58.9 Å². The first kappa shape index (κ1) is 20.9. The second kappa shape index (κ2) is 7.97. The Morgan fingerprint density at radius 3 is 2.68 bits per heavy atom. The maximum absolute atomic E-state index is 13.5. The zero-order valence-electron chi connectivity index (χ0n) is 19.1. The lowest BCUT2D eigenvalue weighted by Gasteiger charge is -2.42. The molecule has 3 aromatic rings. The number of amides is 1. The fraction of sp³-hybridized carbons (Fsp3) is 0.321. The van der Waals surface area contributed by atoms with Crippen LogP contribution in [0.25, 0.3) is 0 Å². The van der Waals surface area contributed by atoms with Gasteiger partial charge in [0.05, 0.1) is 5.56 Å². The zero-order valence-corrected chi connectivity index (χ0v) is 19.1. The minimum absolute atomic E-state index is 0.0180. The van der Waals surface area contributed by atoms with Crippen LogP contribution in [0.15, 0.2) is 65.5 Å². The van der Waals surface area contributed by atoms with Crippen molar-refractivity contribution in [2.75, 3.05) is 13.1 Å². The number of carbonyl (C=O) groups is 2. The van der Waals surface area contributed by atoms with E-state index in [1.54, 1.807) is 18.2 Å². The number of benzene rings is 2. The number of cyclic esters (lactones) is 1. The van der Waals surface area contributed by atoms with Crippen molar-refractivity contribution in [1.29, 1.82) is 0 Å². The van der Waals surface area contributed by atoms with Crippen LogP contribution in [-0.2, 0) is 17.7 Å². The number of nitrogens with zero attached hydrogens (tertiary/aromatic N) is 2. The molecule has 1 amide bonds. The summed E-state index contributed by atoms with van der Waals surface area (Å²) in [6, 6.07) is 18.7. The molecule has 2 bridgehead atoms. The number of likely N-dealkylation sites (tertiary alicyclic amines) is 1. The van der Waals surface area contributed by atoms with Crippen LogP contribution in [0.3, 0.4) is 0 Å². The molecule has 0 aliphatic carbocycles. The molecule has 0 N–H and O–H groups in total. The Labute approximate surface area is 197 Å². The molecule has 3 aliphatic heterocycles. The fourth-order valence-corrected chi connectivity index (χ4v) is 5.90. The predicted octanol–water partition coefficient (Wildman–Crippen LogP) is 3.87. The Morgan fingerprint density at radius 1 is 0.971 bits per heavy atom. The van der Waals surface area contributed by atoms with Gasteiger partial charge in [-0.2, -0.15) is 0 Å². The lowest BCUT2D eigenvalue weighted by atomic mass is 9.83. The van der Waals surface area contributed by atoms with Gasteiger partial charge in [-0.15, -0.1) is 0 Å². The first-order chi connectivity index (χ1) is 16.5. The quantitative estimate of drug-likeness (QED) is 0.552. The molecule has 6 heteroatoms. The van der Waals surface area contributed by atoms with Crippen LogP contribution in [0.4, 0.5) is 0 Å². The van der Waals surface area contributed by atoms with E-state index in [0.29, 0.717) is 37.2 Å². The van der Waals surface area contributed by atoms with E-state index in [4.69, 9.17) is 4.74 Å². The lowest BCUT2D eigenvalue weighted by molar-refractivity contribution is 0.0250. The van der Waals surface area contributed by atoms with Crippen LogP contribution in [0.1, 0.15) is 61.5 Å². The Bertz CT molecular complexity index is 1370. The average Bonchev–Trinajstić information content (AvgIpc) is 2.84. The van der Waals surface area contributed by atoms with Crippen LogP contribution in [0.2, 0.25) is 0 Å². The van der Waals surface area contributed by atoms with Gasteiger partial charge in [-0.05, 0) is 60.2 Å². The highest BCUT2D eigenvalue weighted by atomic mass is 16.5. The van der Waals surface area contributed by atoms with E-state index < -0.39 is 0 Å². The molecule has 0 radical (unpaired) electrons. The molecule has 34 heavy (non-hydrogen) atoms. The minimum atomic E-state index is -0.351. The second-order valence-electron chi connectivity index (χ2n) is 9.73. The fourth-order valence-electron chi connectivity index (χ4n) is 5.90. The number of hydrogen-bond acceptors (Lipinski definition) is 4. The lowest BCUT2D eigenvalue weighted by Crippen LogP contribution is -2.49. The van der Waals surface area contributed by atoms with Gasteiger partial charge in [0, 0.05) is 49.3 Å². The molecule has 3 aliphatic rings. The maximum Gasteiger partial charge on any atom is 0.339 e. The van der Waals surface area contributed by atoms with E-state index >= 15 is 0 Å². The molecule has 1 aromatic heterocycles. The molecule has 4 heterocycles. The van der Waals surface area contributed by atoms with Crippen molar-refractivity contribution in [2.24, 2.45) is 5.92 Å². The van der Waals surface area contributed by atoms with Gasteiger partial charge in [0.25, 0.3) is 11.5 Å². The number of esters is 1. The number of aryl methyl sites for hydroxylation is 1. The molecule has 0 saturated carbocycles. The van der Waals surface area contributed by atoms with Gasteiger partial charge in [0.2, 0.25) is 0 Å². The number of aromatic nitrogens is 1. The third kappa shape index (κ3) is 3.45. The topological polar surface area (TPSA) is 68.6 Å². The summed E-state index contributed by atoms with van der Waals surface area (Å²) < 4.78 is 7.60. The molecule has 3 atom stereocenters. The van der Waals surface area contributed by atoms with Gasteiger partial charge in [0.1, 0.15) is 6.10 Å². The van der Waals surface area contributed by atoms with Crippen LogP contribution < -0.4 is 5.56 Å². The minimum Gasteiger partial charge on any atom is -0.454 e. The van der Waals surface area contributed by atoms with Gasteiger partial charge < -0.3 is 14.2 Å². The number of piperidine rings is 1. The van der Waals surface area contributed by atoms with Crippen molar-refractivity contribution in [1.82, 2.24) is 9.47 Å². The molecule has 3 unspecified atom stereocenters. The monoisotopic (exact) mass is 454 g/mol. The number of fused-ring (bicyclic) bond motifs is 5. The molecular weight excluding hydrogens is 428 g/mol. The van der Waals surface area contributed by atoms with E-state index in [-0.39, 0.29) is 35.4 Å². The number of carbonyl (C=O) groups excluding carboxylic acids is 2. The standard InChI is InChI=1S/C28H26N2O4/c1-17-5-2-3-6-22(17)25-13-20-12-19(9-10-23(20)28(33)34-25)27(32)29-14-18-11-21(16-29)24-7-4-8-26(31)30(24)15-18/h2-10,12,18,21,25H,11,13-16H2,1H3. The van der Waals surface area contributed by atoms with Crippen LogP contribution >= 0.6 is 0 Å². The highest BCUT2D eigenvalue weighted by Gasteiger charge is 2.37. The van der Waals surface area contributed by atoms with Crippen molar-refractivity contribution < 1.29 is 14.3 Å². The molecule has 0 spiro atoms. The summed E-state index contributed by atoms with van der Waals surface area (Å²) in [5.74, 6) is 0.0791. The summed E-state index contributed by atoms with van der Waals surface area (Å²) in [6.07, 6.45) is 1.20. The van der Waals surface area contributed by atoms with E-state index in [2.05, 4.69) is 0 Å². The smallest absolute Gasteiger partial charge is 0.339 e. The number of ether oxygens (including phenoxy) is 1. The van der Waals surface area contributed by atoms with E-state index in [1.165, 1.54) is 0 Å². The van der Waals surface area contributed by atoms with Crippen molar-refractivity contribution in [2.45, 2.75) is 38.3 Å². The number of pyridine rings is 1. The highest BCUT2D eigenvalue weighted by molar-refractivity contribution is 5.98. The van der Waals surface area contributed by atoms with Gasteiger partial charge >= 0.3 is 5.97 Å². The van der Waals surface area contributed by atoms with Gasteiger partial charge in [-0.1, -0.05) is 30.3 Å². The van der Waals surface area contributed by atoms with Gasteiger partial charge in [-0.25, -0.2) is 4.79 Å². The third-order valence-corrected chi connectivity index (χ3v) is 7.53. The van der Waals surface area contributed by atoms with Crippen molar-refractivity contribution in [3.8, 4) is 0 Å². The predicted molar refractivity (Wildman–Crippen MR) is 127 cm³/mol. The SMILES string of the molecule is Cc1ccccc1C1Cc2cc(C(=O)N3CC4CC(C3)c3cccc(=O)n3C4)ccc2C(=O)O1. The molecule has 6 nitrogen and oxygen atoms in total. The van der Waals surface area contributed by atoms with Crippen LogP contribution in [-0.4, -0.2) is 34.4 Å². The Balaban J connectivity index is 1.27. The highest BCUT2D eigenvalue weighted by Crippen LogP contribution is 2.36. The summed E-state index contributed by atoms with van der Waals surface area (Å²) >= 11 is 0. The number of rotatable bonds is 2. The number of hydrogen-bond donors (Lipinski definition) is 0. The van der Waals surface area contributed by atoms with Crippen LogP contribution in [0.5, 0.6) is 0 Å². The molecule has 1 fully saturated rings. The average molecular weight is 455 g/mol. The van der Waals surface area contributed by atoms with E-state index in [0.717, 1.165) is 28.8 Å². The Morgan fingerprint density at radius 2 is 1.82 bits per heavy atom. The van der Waals surface area contributed by atoms with Crippen molar-refractivity contribution >= 4 is 11.9 Å². The molecule has 172 valence electrons. The second-order valence-corrected chi connectivity index (χ2v) is 9.73.